The first-order valence-corrected chi connectivity index (χ1v) is 9.81. The predicted octanol–water partition coefficient (Wildman–Crippen LogP) is 2.04. The molecule has 9 heteroatoms. The second kappa shape index (κ2) is 6.45. The number of pyridine rings is 1. The molecule has 7 nitrogen and oxygen atoms in total. The highest BCUT2D eigenvalue weighted by molar-refractivity contribution is 9.10. The van der Waals surface area contributed by atoms with Crippen LogP contribution in [-0.2, 0) is 17.1 Å². The largest absolute Gasteiger partial charge is 0.472 e. The maximum atomic E-state index is 12.9. The highest BCUT2D eigenvalue weighted by Crippen LogP contribution is 2.29. The number of aromatic nitrogens is 3. The minimum absolute atomic E-state index is 0.219. The van der Waals surface area contributed by atoms with Crippen LogP contribution in [-0.4, -0.2) is 46.7 Å². The Morgan fingerprint density at radius 1 is 1.38 bits per heavy atom. The number of sulfonamides is 1. The zero-order valence-electron chi connectivity index (χ0n) is 13.7. The Morgan fingerprint density at radius 3 is 2.75 bits per heavy atom. The third-order valence-corrected chi connectivity index (χ3v) is 6.87. The van der Waals surface area contributed by atoms with Crippen LogP contribution in [0.3, 0.4) is 0 Å². The fourth-order valence-electron chi connectivity index (χ4n) is 2.88. The van der Waals surface area contributed by atoms with Gasteiger partial charge in [0.2, 0.25) is 15.9 Å². The van der Waals surface area contributed by atoms with Crippen molar-refractivity contribution in [1.29, 1.82) is 0 Å². The quantitative estimate of drug-likeness (QED) is 0.764. The highest BCUT2D eigenvalue weighted by atomic mass is 79.9. The van der Waals surface area contributed by atoms with E-state index in [0.29, 0.717) is 41.7 Å². The van der Waals surface area contributed by atoms with Crippen LogP contribution >= 0.6 is 15.9 Å². The van der Waals surface area contributed by atoms with Crippen molar-refractivity contribution in [2.75, 3.05) is 13.1 Å². The van der Waals surface area contributed by atoms with Gasteiger partial charge in [-0.2, -0.15) is 9.40 Å². The summed E-state index contributed by atoms with van der Waals surface area (Å²) in [6, 6.07) is 3.64. The Hall–Kier alpha value is -1.45. The van der Waals surface area contributed by atoms with Gasteiger partial charge in [-0.05, 0) is 48.3 Å². The lowest BCUT2D eigenvalue weighted by molar-refractivity contribution is 0.205. The van der Waals surface area contributed by atoms with Gasteiger partial charge in [0, 0.05) is 19.8 Å². The van der Waals surface area contributed by atoms with Crippen molar-refractivity contribution in [3.8, 4) is 5.88 Å². The van der Waals surface area contributed by atoms with E-state index in [1.165, 1.54) is 4.31 Å². The molecule has 1 atom stereocenters. The van der Waals surface area contributed by atoms with E-state index in [9.17, 15) is 8.42 Å². The molecule has 0 bridgehead atoms. The molecule has 24 heavy (non-hydrogen) atoms. The lowest BCUT2D eigenvalue weighted by Crippen LogP contribution is -2.31. The summed E-state index contributed by atoms with van der Waals surface area (Å²) in [6.45, 7) is 4.21. The SMILES string of the molecule is Cc1nn(C)c(C)c1S(=O)(=O)N1CCC(Oc2ncccc2Br)C1. The molecule has 3 rings (SSSR count). The molecule has 0 radical (unpaired) electrons. The van der Waals surface area contributed by atoms with Crippen molar-refractivity contribution < 1.29 is 13.2 Å². The Balaban J connectivity index is 1.79. The maximum absolute atomic E-state index is 12.9. The molecule has 1 aliphatic rings. The lowest BCUT2D eigenvalue weighted by atomic mass is 10.3. The van der Waals surface area contributed by atoms with Gasteiger partial charge >= 0.3 is 0 Å². The van der Waals surface area contributed by atoms with E-state index in [4.69, 9.17) is 4.74 Å². The molecule has 0 saturated carbocycles. The molecule has 0 spiro atoms. The van der Waals surface area contributed by atoms with E-state index >= 15 is 0 Å². The first-order chi connectivity index (χ1) is 11.3. The number of hydrogen-bond donors (Lipinski definition) is 0. The van der Waals surface area contributed by atoms with Crippen LogP contribution in [0.5, 0.6) is 5.88 Å². The van der Waals surface area contributed by atoms with Gasteiger partial charge in [-0.15, -0.1) is 0 Å². The molecule has 0 aliphatic carbocycles. The molecular weight excluding hydrogens is 396 g/mol. The minimum atomic E-state index is -3.58. The van der Waals surface area contributed by atoms with Gasteiger partial charge in [0.05, 0.1) is 22.4 Å². The third-order valence-electron chi connectivity index (χ3n) is 4.15. The summed E-state index contributed by atoms with van der Waals surface area (Å²) in [7, 11) is -1.83. The van der Waals surface area contributed by atoms with Gasteiger partial charge in [-0.25, -0.2) is 13.4 Å². The van der Waals surface area contributed by atoms with Crippen molar-refractivity contribution in [2.45, 2.75) is 31.3 Å². The van der Waals surface area contributed by atoms with E-state index in [2.05, 4.69) is 26.0 Å². The standard InChI is InChI=1S/C15H19BrN4O3S/c1-10-14(11(2)19(3)18-10)24(21,22)20-8-6-12(9-20)23-15-13(16)5-4-7-17-15/h4-5,7,12H,6,8-9H2,1-3H3. The van der Waals surface area contributed by atoms with Gasteiger partial charge in [-0.1, -0.05) is 0 Å². The fraction of sp³-hybridized carbons (Fsp3) is 0.467. The van der Waals surface area contributed by atoms with Crippen LogP contribution in [0, 0.1) is 13.8 Å². The van der Waals surface area contributed by atoms with Gasteiger partial charge in [0.25, 0.3) is 0 Å². The minimum Gasteiger partial charge on any atom is -0.472 e. The highest BCUT2D eigenvalue weighted by Gasteiger charge is 2.37. The van der Waals surface area contributed by atoms with Crippen molar-refractivity contribution in [1.82, 2.24) is 19.1 Å². The molecule has 130 valence electrons. The van der Waals surface area contributed by atoms with Crippen molar-refractivity contribution in [2.24, 2.45) is 7.05 Å². The number of rotatable bonds is 4. The average Bonchev–Trinajstić information content (AvgIpc) is 3.08. The fourth-order valence-corrected chi connectivity index (χ4v) is 5.12. The van der Waals surface area contributed by atoms with Gasteiger partial charge in [0.1, 0.15) is 11.0 Å². The topological polar surface area (TPSA) is 77.3 Å². The Kier molecular flexibility index (Phi) is 4.67. The van der Waals surface area contributed by atoms with Gasteiger partial charge < -0.3 is 4.74 Å². The third kappa shape index (κ3) is 3.07. The van der Waals surface area contributed by atoms with Gasteiger partial charge in [0.15, 0.2) is 0 Å². The van der Waals surface area contributed by atoms with Crippen LogP contribution in [0.15, 0.2) is 27.7 Å². The molecule has 1 fully saturated rings. The summed E-state index contributed by atoms with van der Waals surface area (Å²) >= 11 is 3.39. The smallest absolute Gasteiger partial charge is 0.246 e. The summed E-state index contributed by atoms with van der Waals surface area (Å²) in [4.78, 5) is 4.46. The summed E-state index contributed by atoms with van der Waals surface area (Å²) in [5.41, 5.74) is 1.16. The van der Waals surface area contributed by atoms with Crippen LogP contribution in [0.1, 0.15) is 17.8 Å². The van der Waals surface area contributed by atoms with Crippen LogP contribution in [0.2, 0.25) is 0 Å². The molecule has 0 aromatic carbocycles. The van der Waals surface area contributed by atoms with Gasteiger partial charge in [-0.3, -0.25) is 4.68 Å². The number of hydrogen-bond acceptors (Lipinski definition) is 5. The molecule has 1 aliphatic heterocycles. The number of nitrogens with zero attached hydrogens (tertiary/aromatic N) is 4. The first-order valence-electron chi connectivity index (χ1n) is 7.58. The van der Waals surface area contributed by atoms with E-state index in [1.54, 1.807) is 37.8 Å². The number of ether oxygens (including phenoxy) is 1. The molecule has 3 heterocycles. The summed E-state index contributed by atoms with van der Waals surface area (Å²) in [5.74, 6) is 0.482. The Morgan fingerprint density at radius 2 is 2.12 bits per heavy atom. The lowest BCUT2D eigenvalue weighted by Gasteiger charge is -2.17. The zero-order chi connectivity index (χ0) is 17.5. The molecule has 2 aromatic heterocycles. The van der Waals surface area contributed by atoms with Crippen LogP contribution in [0.4, 0.5) is 0 Å². The molecule has 1 unspecified atom stereocenters. The molecule has 2 aromatic rings. The van der Waals surface area contributed by atoms with E-state index in [1.807, 2.05) is 6.07 Å². The van der Waals surface area contributed by atoms with Crippen molar-refractivity contribution in [3.63, 3.8) is 0 Å². The van der Waals surface area contributed by atoms with Crippen LogP contribution in [0.25, 0.3) is 0 Å². The molecule has 0 N–H and O–H groups in total. The normalized spacial score (nSPS) is 18.9. The second-order valence-electron chi connectivity index (χ2n) is 5.81. The van der Waals surface area contributed by atoms with Crippen molar-refractivity contribution in [3.05, 3.63) is 34.2 Å². The van der Waals surface area contributed by atoms with E-state index in [-0.39, 0.29) is 6.10 Å². The van der Waals surface area contributed by atoms with Crippen molar-refractivity contribution >= 4 is 26.0 Å². The predicted molar refractivity (Wildman–Crippen MR) is 92.4 cm³/mol. The van der Waals surface area contributed by atoms with E-state index < -0.39 is 10.0 Å². The average molecular weight is 415 g/mol. The maximum Gasteiger partial charge on any atom is 0.246 e. The molecule has 0 amide bonds. The monoisotopic (exact) mass is 414 g/mol. The van der Waals surface area contributed by atoms with Crippen LogP contribution < -0.4 is 4.74 Å². The Bertz CT molecular complexity index is 866. The Labute approximate surface area is 149 Å². The van der Waals surface area contributed by atoms with E-state index in [0.717, 1.165) is 4.47 Å². The summed E-state index contributed by atoms with van der Waals surface area (Å²) in [5, 5.41) is 4.21. The molecular formula is C15H19BrN4O3S. The molecule has 1 saturated heterocycles. The summed E-state index contributed by atoms with van der Waals surface area (Å²) in [6.07, 6.45) is 2.05. The number of aryl methyl sites for hydroxylation is 2. The number of halogens is 1. The summed E-state index contributed by atoms with van der Waals surface area (Å²) < 4.78 is 35.6. The first kappa shape index (κ1) is 17.4. The zero-order valence-corrected chi connectivity index (χ0v) is 16.1. The second-order valence-corrected chi connectivity index (χ2v) is 8.53.